The molecule has 2 aromatic rings. The first kappa shape index (κ1) is 25.5. The predicted molar refractivity (Wildman–Crippen MR) is 123 cm³/mol. The van der Waals surface area contributed by atoms with Crippen LogP contribution in [-0.4, -0.2) is 68.9 Å². The second kappa shape index (κ2) is 9.23. The molecule has 2 unspecified atom stereocenters. The Morgan fingerprint density at radius 1 is 1.39 bits per heavy atom. The van der Waals surface area contributed by atoms with Gasteiger partial charge in [-0.2, -0.15) is 10.5 Å². The van der Waals surface area contributed by atoms with Gasteiger partial charge >= 0.3 is 0 Å². The Balaban J connectivity index is 2.08. The molecule has 0 bridgehead atoms. The maximum atomic E-state index is 12.6. The zero-order chi connectivity index (χ0) is 24.7. The molecule has 0 spiro atoms. The average Bonchev–Trinajstić information content (AvgIpc) is 3.27. The highest BCUT2D eigenvalue weighted by atomic mass is 28.4. The molecule has 5 N–H and O–H groups in total. The van der Waals surface area contributed by atoms with E-state index < -0.39 is 38.4 Å². The lowest BCUT2D eigenvalue weighted by molar-refractivity contribution is -0.118. The average molecular weight is 483 g/mol. The van der Waals surface area contributed by atoms with Gasteiger partial charge in [-0.1, -0.05) is 34.6 Å². The lowest BCUT2D eigenvalue weighted by Gasteiger charge is -2.40. The molecule has 1 aliphatic rings. The van der Waals surface area contributed by atoms with Crippen molar-refractivity contribution >= 4 is 31.3 Å². The largest absolute Gasteiger partial charge is 0.408 e. The quantitative estimate of drug-likeness (QED) is 0.289. The monoisotopic (exact) mass is 482 g/mol. The van der Waals surface area contributed by atoms with Crippen molar-refractivity contribution in [3.8, 4) is 0 Å². The Morgan fingerprint density at radius 2 is 2.06 bits per heavy atom. The van der Waals surface area contributed by atoms with Gasteiger partial charge in [0.2, 0.25) is 11.9 Å². The molecule has 0 aromatic carbocycles. The number of H-pyrrole nitrogens is 1. The fourth-order valence-electron chi connectivity index (χ4n) is 3.35. The molecule has 0 radical (unpaired) electrons. The van der Waals surface area contributed by atoms with Gasteiger partial charge in [-0.15, -0.1) is 0 Å². The number of aliphatic hydroxyl groups excluding tert-OH is 1. The minimum absolute atomic E-state index is 0.0108. The summed E-state index contributed by atoms with van der Waals surface area (Å²) in [6.07, 6.45) is -0.912. The summed E-state index contributed by atoms with van der Waals surface area (Å²) < 4.78 is 14.2. The van der Waals surface area contributed by atoms with Crippen LogP contribution in [0, 0.1) is 5.92 Å². The van der Waals surface area contributed by atoms with E-state index in [1.165, 1.54) is 10.9 Å². The lowest BCUT2D eigenvalue weighted by atomic mass is 10.1. The van der Waals surface area contributed by atoms with Gasteiger partial charge < -0.3 is 19.5 Å². The highest BCUT2D eigenvalue weighted by Crippen LogP contribution is 2.42. The number of aromatic nitrogens is 4. The van der Waals surface area contributed by atoms with Crippen molar-refractivity contribution in [2.75, 3.05) is 11.9 Å². The summed E-state index contributed by atoms with van der Waals surface area (Å²) in [4.78, 5) is 35.8. The van der Waals surface area contributed by atoms with Crippen molar-refractivity contribution in [3.63, 3.8) is 0 Å². The Kier molecular flexibility index (Phi) is 7.12. The zero-order valence-electron chi connectivity index (χ0n) is 20.0. The first-order chi connectivity index (χ1) is 15.3. The van der Waals surface area contributed by atoms with E-state index in [0.29, 0.717) is 0 Å². The number of nitrogens with one attached hydrogen (secondary N) is 3. The summed E-state index contributed by atoms with van der Waals surface area (Å²) in [5, 5.41) is 22.2. The number of aromatic amines is 1. The van der Waals surface area contributed by atoms with Crippen LogP contribution < -0.4 is 16.4 Å². The number of rotatable bonds is 7. The SMILES string of the molecule is CC(C)C(=O)Nc1nc2c(ncn2[C@@H]2O[C@H](CO)C(NO)C2O[Si](C)(C)C(C)(C)C)c(=O)[nH]1. The Labute approximate surface area is 192 Å². The number of anilines is 1. The predicted octanol–water partition coefficient (Wildman–Crippen LogP) is 1.34. The molecule has 0 saturated carbocycles. The number of ether oxygens (including phenoxy) is 1. The molecular formula is C20H34N6O6Si. The number of hydrogen-bond donors (Lipinski definition) is 5. The molecule has 3 rings (SSSR count). The van der Waals surface area contributed by atoms with Gasteiger partial charge in [0.1, 0.15) is 12.2 Å². The summed E-state index contributed by atoms with van der Waals surface area (Å²) in [7, 11) is -2.34. The fraction of sp³-hybridized carbons (Fsp3) is 0.700. The topological polar surface area (TPSA) is 164 Å². The van der Waals surface area contributed by atoms with E-state index in [0.717, 1.165) is 0 Å². The number of fused-ring (bicyclic) bond motifs is 1. The van der Waals surface area contributed by atoms with E-state index in [1.54, 1.807) is 13.8 Å². The Morgan fingerprint density at radius 3 is 2.61 bits per heavy atom. The highest BCUT2D eigenvalue weighted by Gasteiger charge is 2.51. The molecule has 33 heavy (non-hydrogen) atoms. The Hall–Kier alpha value is -2.16. The molecule has 184 valence electrons. The van der Waals surface area contributed by atoms with Gasteiger partial charge in [0.25, 0.3) is 5.56 Å². The van der Waals surface area contributed by atoms with Crippen LogP contribution in [0.5, 0.6) is 0 Å². The summed E-state index contributed by atoms with van der Waals surface area (Å²) in [6, 6.07) is -0.728. The number of amides is 1. The number of carbonyl (C=O) groups is 1. The van der Waals surface area contributed by atoms with Gasteiger partial charge in [-0.25, -0.2) is 4.98 Å². The number of aliphatic hydroxyl groups is 1. The van der Waals surface area contributed by atoms with E-state index >= 15 is 0 Å². The second-order valence-corrected chi connectivity index (χ2v) is 14.9. The molecule has 12 nitrogen and oxygen atoms in total. The molecule has 0 aliphatic carbocycles. The van der Waals surface area contributed by atoms with Crippen molar-refractivity contribution in [1.82, 2.24) is 25.0 Å². The third-order valence-corrected chi connectivity index (χ3v) is 10.9. The molecule has 4 atom stereocenters. The molecule has 2 aromatic heterocycles. The van der Waals surface area contributed by atoms with E-state index in [9.17, 15) is 19.9 Å². The van der Waals surface area contributed by atoms with Crippen LogP contribution in [0.3, 0.4) is 0 Å². The zero-order valence-corrected chi connectivity index (χ0v) is 21.0. The molecule has 1 fully saturated rings. The van der Waals surface area contributed by atoms with Gasteiger partial charge in [0.15, 0.2) is 25.7 Å². The number of hydrogen-bond acceptors (Lipinski definition) is 9. The first-order valence-corrected chi connectivity index (χ1v) is 13.8. The Bertz CT molecular complexity index is 1060. The maximum Gasteiger partial charge on any atom is 0.280 e. The maximum absolute atomic E-state index is 12.6. The molecule has 1 amide bonds. The number of carbonyl (C=O) groups excluding carboxylic acids is 1. The van der Waals surface area contributed by atoms with E-state index in [4.69, 9.17) is 9.16 Å². The minimum atomic E-state index is -2.34. The van der Waals surface area contributed by atoms with E-state index in [2.05, 4.69) is 59.6 Å². The van der Waals surface area contributed by atoms with Gasteiger partial charge in [-0.3, -0.25) is 24.5 Å². The van der Waals surface area contributed by atoms with Crippen LogP contribution in [0.4, 0.5) is 5.95 Å². The van der Waals surface area contributed by atoms with Crippen LogP contribution >= 0.6 is 0 Å². The first-order valence-electron chi connectivity index (χ1n) is 10.9. The van der Waals surface area contributed by atoms with Gasteiger partial charge in [-0.05, 0) is 18.1 Å². The van der Waals surface area contributed by atoms with E-state index in [-0.39, 0.29) is 40.6 Å². The fourth-order valence-corrected chi connectivity index (χ4v) is 4.65. The van der Waals surface area contributed by atoms with Crippen LogP contribution in [0.2, 0.25) is 18.1 Å². The molecule has 13 heteroatoms. The van der Waals surface area contributed by atoms with Crippen molar-refractivity contribution in [1.29, 1.82) is 0 Å². The number of hydroxylamine groups is 1. The van der Waals surface area contributed by atoms with Crippen LogP contribution in [0.25, 0.3) is 11.2 Å². The van der Waals surface area contributed by atoms with Crippen molar-refractivity contribution in [2.24, 2.45) is 5.92 Å². The normalized spacial score (nSPS) is 24.1. The summed E-state index contributed by atoms with van der Waals surface area (Å²) >= 11 is 0. The third-order valence-electron chi connectivity index (χ3n) is 6.39. The van der Waals surface area contributed by atoms with Crippen LogP contribution in [0.1, 0.15) is 40.8 Å². The van der Waals surface area contributed by atoms with Gasteiger partial charge in [0.05, 0.1) is 19.0 Å². The molecule has 1 aliphatic heterocycles. The van der Waals surface area contributed by atoms with E-state index in [1.807, 2.05) is 0 Å². The summed E-state index contributed by atoms with van der Waals surface area (Å²) in [5.74, 6) is -0.619. The van der Waals surface area contributed by atoms with Crippen LogP contribution in [-0.2, 0) is 14.0 Å². The minimum Gasteiger partial charge on any atom is -0.408 e. The molecule has 1 saturated heterocycles. The number of imidazole rings is 1. The van der Waals surface area contributed by atoms with Crippen LogP contribution in [0.15, 0.2) is 11.1 Å². The summed E-state index contributed by atoms with van der Waals surface area (Å²) in [5.41, 5.74) is 1.95. The second-order valence-electron chi connectivity index (χ2n) is 10.1. The smallest absolute Gasteiger partial charge is 0.280 e. The third kappa shape index (κ3) is 4.88. The standard InChI is InChI=1S/C20H34N6O6Si/c1-10(2)16(28)23-19-22-15-13(17(29)24-19)21-9-26(15)18-14(12(25-30)11(8-27)31-18)32-33(6,7)20(3,4)5/h9-12,14,18,25,27,30H,8H2,1-7H3,(H2,22,23,24,28,29)/t11-,12?,14?,18-/m1/s1. The van der Waals surface area contributed by atoms with Crippen molar-refractivity contribution in [3.05, 3.63) is 16.7 Å². The van der Waals surface area contributed by atoms with Crippen molar-refractivity contribution in [2.45, 2.75) is 77.2 Å². The van der Waals surface area contributed by atoms with Gasteiger partial charge in [0, 0.05) is 5.92 Å². The lowest BCUT2D eigenvalue weighted by Crippen LogP contribution is -2.52. The number of nitrogens with zero attached hydrogens (tertiary/aromatic N) is 3. The van der Waals surface area contributed by atoms with Crippen molar-refractivity contribution < 1.29 is 24.3 Å². The molecular weight excluding hydrogens is 448 g/mol. The highest BCUT2D eigenvalue weighted by molar-refractivity contribution is 6.74. The summed E-state index contributed by atoms with van der Waals surface area (Å²) in [6.45, 7) is 13.5. The molecule has 3 heterocycles.